The highest BCUT2D eigenvalue weighted by molar-refractivity contribution is 5.87. The van der Waals surface area contributed by atoms with Gasteiger partial charge in [-0.25, -0.2) is 52.5 Å². The summed E-state index contributed by atoms with van der Waals surface area (Å²) in [7, 11) is 0. The van der Waals surface area contributed by atoms with Gasteiger partial charge in [-0.3, -0.25) is 0 Å². The smallest absolute Gasteiger partial charge is 0.425 e. The lowest BCUT2D eigenvalue weighted by Crippen LogP contribution is -2.47. The molecule has 3 N–H and O–H groups in total. The maximum Gasteiger partial charge on any atom is 0.425 e. The first kappa shape index (κ1) is 54.9. The van der Waals surface area contributed by atoms with Crippen LogP contribution < -0.4 is 33.1 Å². The largest absolute Gasteiger partial charge is 0.459 e. The predicted molar refractivity (Wildman–Crippen MR) is 228 cm³/mol. The zero-order valence-corrected chi connectivity index (χ0v) is 37.1. The number of carbonyl (C=O) groups is 6. The van der Waals surface area contributed by atoms with E-state index < -0.39 is 47.6 Å². The molecular weight excluding hydrogens is 828 g/mol. The Kier molecular flexibility index (Phi) is 29.2. The number of alkyl carbamates (subject to hydrolysis) is 3. The third-order valence-electron chi connectivity index (χ3n) is 8.54. The van der Waals surface area contributed by atoms with Gasteiger partial charge in [-0.1, -0.05) is 58.3 Å². The van der Waals surface area contributed by atoms with Gasteiger partial charge >= 0.3 is 53.3 Å². The predicted octanol–water partition coefficient (Wildman–Crippen LogP) is 3.72. The molecule has 3 amide bonds. The van der Waals surface area contributed by atoms with Crippen molar-refractivity contribution in [2.45, 2.75) is 111 Å². The molecule has 0 saturated carbocycles. The van der Waals surface area contributed by atoms with Crippen LogP contribution in [-0.4, -0.2) is 111 Å². The number of rotatable bonds is 33. The summed E-state index contributed by atoms with van der Waals surface area (Å²) in [5.41, 5.74) is 0.149. The summed E-state index contributed by atoms with van der Waals surface area (Å²) < 4.78 is 37.5. The number of aromatic nitrogens is 2. The summed E-state index contributed by atoms with van der Waals surface area (Å²) in [5, 5.41) is 7.88. The van der Waals surface area contributed by atoms with E-state index in [1.807, 2.05) is 0 Å². The lowest BCUT2D eigenvalue weighted by molar-refractivity contribution is -0.140. The summed E-state index contributed by atoms with van der Waals surface area (Å²) in [6.45, 7) is 16.2. The molecule has 0 bridgehead atoms. The van der Waals surface area contributed by atoms with E-state index in [1.54, 1.807) is 0 Å². The second-order valence-electron chi connectivity index (χ2n) is 14.3. The molecule has 0 aromatic carbocycles. The first-order valence-electron chi connectivity index (χ1n) is 21.2. The molecule has 0 atom stereocenters. The molecule has 1 aromatic rings. The number of esters is 3. The molecule has 1 heterocycles. The van der Waals surface area contributed by atoms with Crippen LogP contribution in [0.2, 0.25) is 0 Å². The van der Waals surface area contributed by atoms with Crippen molar-refractivity contribution in [1.29, 1.82) is 0 Å². The number of nitrogens with zero attached hydrogens (tertiary/aromatic N) is 3. The van der Waals surface area contributed by atoms with Crippen molar-refractivity contribution < 1.29 is 61.6 Å². The van der Waals surface area contributed by atoms with Crippen molar-refractivity contribution in [3.63, 3.8) is 0 Å². The lowest BCUT2D eigenvalue weighted by Gasteiger charge is -2.10. The highest BCUT2D eigenvalue weighted by Gasteiger charge is 2.12. The van der Waals surface area contributed by atoms with Gasteiger partial charge in [-0.15, -0.1) is 0 Å². The van der Waals surface area contributed by atoms with Gasteiger partial charge in [0.25, 0.3) is 0 Å². The molecule has 0 aliphatic heterocycles. The Morgan fingerprint density at radius 2 is 0.825 bits per heavy atom. The molecule has 1 aromatic heterocycles. The lowest BCUT2D eigenvalue weighted by atomic mass is 10.2. The molecule has 21 nitrogen and oxygen atoms in total. The van der Waals surface area contributed by atoms with E-state index in [2.05, 4.69) is 40.7 Å². The average Bonchev–Trinajstić information content (AvgIpc) is 3.24. The van der Waals surface area contributed by atoms with Crippen molar-refractivity contribution >= 4 is 36.2 Å². The van der Waals surface area contributed by atoms with E-state index in [0.717, 1.165) is 23.8 Å². The molecule has 0 saturated heterocycles. The maximum absolute atomic E-state index is 13.6. The van der Waals surface area contributed by atoms with Crippen LogP contribution in [-0.2, 0) is 55.9 Å². The van der Waals surface area contributed by atoms with Crippen molar-refractivity contribution in [3.8, 4) is 0 Å². The van der Waals surface area contributed by atoms with Gasteiger partial charge in [-0.2, -0.15) is 0 Å². The van der Waals surface area contributed by atoms with Gasteiger partial charge in [0.2, 0.25) is 0 Å². The molecule has 0 aliphatic rings. The topological polar surface area (TPSA) is 263 Å². The summed E-state index contributed by atoms with van der Waals surface area (Å²) in [5.74, 6) is -2.50. The number of ether oxygens (including phenoxy) is 6. The summed E-state index contributed by atoms with van der Waals surface area (Å²) in [6.07, 6.45) is 6.09. The third kappa shape index (κ3) is 26.7. The zero-order chi connectivity index (χ0) is 46.8. The van der Waals surface area contributed by atoms with Crippen molar-refractivity contribution in [2.75, 3.05) is 65.8 Å². The Labute approximate surface area is 367 Å². The zero-order valence-electron chi connectivity index (χ0n) is 37.1. The van der Waals surface area contributed by atoms with Gasteiger partial charge in [0.15, 0.2) is 0 Å². The fraction of sp³-hybridized carbons (Fsp3) is 0.643. The molecule has 0 radical (unpaired) electrons. The van der Waals surface area contributed by atoms with Crippen LogP contribution in [0.5, 0.6) is 0 Å². The van der Waals surface area contributed by atoms with Crippen molar-refractivity contribution in [2.24, 2.45) is 4.99 Å². The Morgan fingerprint density at radius 1 is 0.492 bits per heavy atom. The molecule has 0 fully saturated rings. The molecule has 63 heavy (non-hydrogen) atoms. The van der Waals surface area contributed by atoms with Gasteiger partial charge in [0.1, 0.15) is 39.6 Å². The summed E-state index contributed by atoms with van der Waals surface area (Å²) >= 11 is 0. The quantitative estimate of drug-likeness (QED) is 0.0393. The molecule has 0 unspecified atom stereocenters. The minimum absolute atomic E-state index is 0.0649. The Morgan fingerprint density at radius 3 is 1.21 bits per heavy atom. The van der Waals surface area contributed by atoms with Crippen LogP contribution in [0.15, 0.2) is 55.5 Å². The minimum Gasteiger partial charge on any atom is -0.459 e. The van der Waals surface area contributed by atoms with Gasteiger partial charge in [0.05, 0.1) is 0 Å². The molecule has 0 spiro atoms. The average molecular weight is 895 g/mol. The van der Waals surface area contributed by atoms with Crippen molar-refractivity contribution in [1.82, 2.24) is 25.1 Å². The van der Waals surface area contributed by atoms with E-state index in [-0.39, 0.29) is 75.1 Å². The Balaban J connectivity index is 2.63. The highest BCUT2D eigenvalue weighted by atomic mass is 16.6. The molecule has 354 valence electrons. The highest BCUT2D eigenvalue weighted by Crippen LogP contribution is 2.03. The number of amides is 3. The fourth-order valence-corrected chi connectivity index (χ4v) is 5.15. The summed E-state index contributed by atoms with van der Waals surface area (Å²) in [6, 6.07) is 0. The van der Waals surface area contributed by atoms with E-state index in [1.165, 1.54) is 25.3 Å². The number of hydrogen-bond acceptors (Lipinski definition) is 16. The van der Waals surface area contributed by atoms with Crippen LogP contribution in [0, 0.1) is 0 Å². The van der Waals surface area contributed by atoms with Gasteiger partial charge < -0.3 is 48.8 Å². The van der Waals surface area contributed by atoms with E-state index in [4.69, 9.17) is 32.8 Å². The minimum atomic E-state index is -0.813. The van der Waals surface area contributed by atoms with Crippen LogP contribution in [0.3, 0.4) is 0 Å². The second-order valence-corrected chi connectivity index (χ2v) is 14.3. The summed E-state index contributed by atoms with van der Waals surface area (Å²) in [4.78, 5) is 101. The maximum atomic E-state index is 13.6. The van der Waals surface area contributed by atoms with Crippen LogP contribution >= 0.6 is 0 Å². The number of hydrogen-bond donors (Lipinski definition) is 3. The number of unbranched alkanes of at least 4 members (excludes halogenated alkanes) is 9. The van der Waals surface area contributed by atoms with E-state index >= 15 is 0 Å². The van der Waals surface area contributed by atoms with Crippen molar-refractivity contribution in [3.05, 3.63) is 63.2 Å². The fourth-order valence-electron chi connectivity index (χ4n) is 5.15. The van der Waals surface area contributed by atoms with Gasteiger partial charge in [-0.05, 0) is 59.3 Å². The van der Waals surface area contributed by atoms with Crippen LogP contribution in [0.4, 0.5) is 14.4 Å². The monoisotopic (exact) mass is 894 g/mol. The molecule has 21 heteroatoms. The van der Waals surface area contributed by atoms with Gasteiger partial charge in [0, 0.05) is 56.0 Å². The number of carbonyl (C=O) groups excluding carboxylic acids is 6. The third-order valence-corrected chi connectivity index (χ3v) is 8.54. The Bertz CT molecular complexity index is 1850. The SMILES string of the molecule is C=C(C)C(=O)OCCOC(=O)NCCCCCCN=c1oc(=O)n(CCCCCCNC(=O)OCCOC(=O)C(=C)C)c(=O)n1CCCCCCNC(=O)OCCOC(=O)C(=C)C. The van der Waals surface area contributed by atoms with Crippen LogP contribution in [0.25, 0.3) is 0 Å². The van der Waals surface area contributed by atoms with Crippen LogP contribution in [0.1, 0.15) is 97.8 Å². The van der Waals surface area contributed by atoms with E-state index in [0.29, 0.717) is 84.0 Å². The molecule has 1 rings (SSSR count). The number of nitrogens with one attached hydrogen (secondary N) is 3. The Hall–Kier alpha value is -6.15. The normalized spacial score (nSPS) is 10.9. The molecule has 0 aliphatic carbocycles. The standard InChI is InChI=1S/C42H66N6O15/c1-31(2)34(49)57-25-28-60-38(52)44-20-14-8-7-13-19-43-37-47(23-17-11-9-15-21-45-39(53)61-29-26-58-35(50)32(3)4)41(55)48(42(56)63-37)24-18-12-10-16-22-46-40(54)62-30-27-59-36(51)33(5)6/h1,3,5,7-30H2,2,4,6H3,(H,44,52)(H,45,53)(H,46,54). The van der Waals surface area contributed by atoms with E-state index in [9.17, 15) is 38.4 Å². The first-order valence-corrected chi connectivity index (χ1v) is 21.2. The molecular formula is C42H66N6O15. The second kappa shape index (κ2) is 33.5. The first-order chi connectivity index (χ1) is 30.1.